The Morgan fingerprint density at radius 2 is 2.18 bits per heavy atom. The second-order valence-corrected chi connectivity index (χ2v) is 5.45. The number of benzene rings is 1. The summed E-state index contributed by atoms with van der Waals surface area (Å²) in [5, 5.41) is 3.55. The third-order valence-corrected chi connectivity index (χ3v) is 3.77. The Labute approximate surface area is 112 Å². The maximum Gasteiger partial charge on any atom is 0.0594 e. The molecule has 2 unspecified atom stereocenters. The molecule has 2 atom stereocenters. The Bertz CT molecular complexity index is 333. The minimum atomic E-state index is 0.413. The summed E-state index contributed by atoms with van der Waals surface area (Å²) >= 11 is 3.48. The molecule has 0 radical (unpaired) electrons. The van der Waals surface area contributed by atoms with Gasteiger partial charge in [-0.25, -0.2) is 0 Å². The molecule has 1 aliphatic heterocycles. The van der Waals surface area contributed by atoms with Crippen LogP contribution in [0.3, 0.4) is 0 Å². The van der Waals surface area contributed by atoms with Gasteiger partial charge in [0.25, 0.3) is 0 Å². The summed E-state index contributed by atoms with van der Waals surface area (Å²) in [7, 11) is 0. The molecule has 1 aromatic rings. The van der Waals surface area contributed by atoms with Crippen molar-refractivity contribution in [2.75, 3.05) is 13.2 Å². The minimum Gasteiger partial charge on any atom is -0.378 e. The number of hydrogen-bond acceptors (Lipinski definition) is 2. The third-order valence-electron chi connectivity index (χ3n) is 3.25. The van der Waals surface area contributed by atoms with E-state index in [1.807, 2.05) is 0 Å². The Hall–Kier alpha value is -0.380. The largest absolute Gasteiger partial charge is 0.378 e. The molecule has 0 saturated carbocycles. The monoisotopic (exact) mass is 297 g/mol. The summed E-state index contributed by atoms with van der Waals surface area (Å²) in [6.07, 6.45) is 3.93. The first-order valence-corrected chi connectivity index (χ1v) is 7.19. The highest BCUT2D eigenvalue weighted by molar-refractivity contribution is 9.10. The van der Waals surface area contributed by atoms with Gasteiger partial charge in [-0.1, -0.05) is 35.0 Å². The van der Waals surface area contributed by atoms with Gasteiger partial charge >= 0.3 is 0 Å². The van der Waals surface area contributed by atoms with Gasteiger partial charge in [0, 0.05) is 17.1 Å². The van der Waals surface area contributed by atoms with Crippen LogP contribution in [0.2, 0.25) is 0 Å². The Kier molecular flexibility index (Phi) is 5.01. The highest BCUT2D eigenvalue weighted by Crippen LogP contribution is 2.26. The summed E-state index contributed by atoms with van der Waals surface area (Å²) in [6.45, 7) is 4.08. The van der Waals surface area contributed by atoms with Gasteiger partial charge in [0.2, 0.25) is 0 Å². The lowest BCUT2D eigenvalue weighted by molar-refractivity contribution is 0.0947. The highest BCUT2D eigenvalue weighted by Gasteiger charge is 2.21. The van der Waals surface area contributed by atoms with Crippen LogP contribution in [0.15, 0.2) is 28.7 Å². The van der Waals surface area contributed by atoms with E-state index in [4.69, 9.17) is 4.74 Å². The summed E-state index contributed by atoms with van der Waals surface area (Å²) in [6, 6.07) is 9.00. The van der Waals surface area contributed by atoms with Crippen LogP contribution in [0.25, 0.3) is 0 Å². The van der Waals surface area contributed by atoms with E-state index in [1.54, 1.807) is 0 Å². The van der Waals surface area contributed by atoms with E-state index in [2.05, 4.69) is 52.4 Å². The van der Waals surface area contributed by atoms with Crippen LogP contribution >= 0.6 is 15.9 Å². The fourth-order valence-electron chi connectivity index (χ4n) is 2.37. The zero-order valence-electron chi connectivity index (χ0n) is 10.3. The fraction of sp³-hybridized carbons (Fsp3) is 0.571. The van der Waals surface area contributed by atoms with Crippen LogP contribution in [-0.2, 0) is 4.74 Å². The van der Waals surface area contributed by atoms with Crippen molar-refractivity contribution in [3.8, 4) is 0 Å². The SMILES string of the molecule is CCNC(CC1CCCO1)c1ccc(Br)cc1. The molecule has 0 spiro atoms. The minimum absolute atomic E-state index is 0.413. The van der Waals surface area contributed by atoms with Gasteiger partial charge in [-0.15, -0.1) is 0 Å². The first-order valence-electron chi connectivity index (χ1n) is 6.40. The quantitative estimate of drug-likeness (QED) is 0.895. The van der Waals surface area contributed by atoms with Gasteiger partial charge in [-0.3, -0.25) is 0 Å². The van der Waals surface area contributed by atoms with Crippen LogP contribution in [0.5, 0.6) is 0 Å². The zero-order chi connectivity index (χ0) is 12.1. The summed E-state index contributed by atoms with van der Waals surface area (Å²) < 4.78 is 6.86. The molecule has 0 aliphatic carbocycles. The van der Waals surface area contributed by atoms with Crippen molar-refractivity contribution < 1.29 is 4.74 Å². The van der Waals surface area contributed by atoms with Gasteiger partial charge in [0.1, 0.15) is 0 Å². The average molecular weight is 298 g/mol. The first kappa shape index (κ1) is 13.1. The van der Waals surface area contributed by atoms with E-state index in [0.29, 0.717) is 12.1 Å². The maximum atomic E-state index is 5.73. The molecule has 0 bridgehead atoms. The normalized spacial score (nSPS) is 21.6. The molecule has 1 aliphatic rings. The number of hydrogen-bond donors (Lipinski definition) is 1. The second kappa shape index (κ2) is 6.53. The second-order valence-electron chi connectivity index (χ2n) is 4.53. The van der Waals surface area contributed by atoms with Crippen molar-refractivity contribution >= 4 is 15.9 Å². The zero-order valence-corrected chi connectivity index (χ0v) is 11.9. The summed E-state index contributed by atoms with van der Waals surface area (Å²) in [5.74, 6) is 0. The van der Waals surface area contributed by atoms with Crippen molar-refractivity contribution in [1.29, 1.82) is 0 Å². The lowest BCUT2D eigenvalue weighted by Crippen LogP contribution is -2.25. The van der Waals surface area contributed by atoms with E-state index in [-0.39, 0.29) is 0 Å². The lowest BCUT2D eigenvalue weighted by Gasteiger charge is -2.21. The molecule has 3 heteroatoms. The molecular weight excluding hydrogens is 278 g/mol. The van der Waals surface area contributed by atoms with Crippen LogP contribution in [0, 0.1) is 0 Å². The van der Waals surface area contributed by atoms with E-state index in [9.17, 15) is 0 Å². The standard InChI is InChI=1S/C14H20BrNO/c1-2-16-14(10-13-4-3-9-17-13)11-5-7-12(15)8-6-11/h5-8,13-14,16H,2-4,9-10H2,1H3. The van der Waals surface area contributed by atoms with E-state index < -0.39 is 0 Å². The predicted octanol–water partition coefficient (Wildman–Crippen LogP) is 3.67. The third kappa shape index (κ3) is 3.80. The van der Waals surface area contributed by atoms with Gasteiger partial charge in [0.05, 0.1) is 6.10 Å². The van der Waals surface area contributed by atoms with Gasteiger partial charge in [-0.2, -0.15) is 0 Å². The van der Waals surface area contributed by atoms with Gasteiger partial charge in [0.15, 0.2) is 0 Å². The Morgan fingerprint density at radius 1 is 1.41 bits per heavy atom. The number of halogens is 1. The van der Waals surface area contributed by atoms with Crippen LogP contribution in [0.1, 0.15) is 37.8 Å². The topological polar surface area (TPSA) is 21.3 Å². The molecule has 1 aromatic carbocycles. The van der Waals surface area contributed by atoms with E-state index in [0.717, 1.165) is 24.0 Å². The predicted molar refractivity (Wildman–Crippen MR) is 74.2 cm³/mol. The average Bonchev–Trinajstić information content (AvgIpc) is 2.82. The van der Waals surface area contributed by atoms with Crippen LogP contribution in [0.4, 0.5) is 0 Å². The first-order chi connectivity index (χ1) is 8.29. The maximum absolute atomic E-state index is 5.73. The van der Waals surface area contributed by atoms with Crippen molar-refractivity contribution in [2.24, 2.45) is 0 Å². The Morgan fingerprint density at radius 3 is 2.76 bits per heavy atom. The molecule has 94 valence electrons. The smallest absolute Gasteiger partial charge is 0.0594 e. The highest BCUT2D eigenvalue weighted by atomic mass is 79.9. The van der Waals surface area contributed by atoms with Crippen molar-refractivity contribution in [2.45, 2.75) is 38.3 Å². The summed E-state index contributed by atoms with van der Waals surface area (Å²) in [4.78, 5) is 0. The van der Waals surface area contributed by atoms with E-state index in [1.165, 1.54) is 18.4 Å². The molecule has 1 saturated heterocycles. The number of nitrogens with one attached hydrogen (secondary N) is 1. The molecule has 2 nitrogen and oxygen atoms in total. The molecular formula is C14H20BrNO. The van der Waals surface area contributed by atoms with Crippen LogP contribution < -0.4 is 5.32 Å². The molecule has 1 N–H and O–H groups in total. The molecule has 17 heavy (non-hydrogen) atoms. The number of ether oxygens (including phenoxy) is 1. The molecule has 1 fully saturated rings. The Balaban J connectivity index is 2.02. The molecule has 0 amide bonds. The molecule has 2 rings (SSSR count). The van der Waals surface area contributed by atoms with Gasteiger partial charge in [-0.05, 0) is 43.5 Å². The number of rotatable bonds is 5. The lowest BCUT2D eigenvalue weighted by atomic mass is 9.99. The summed E-state index contributed by atoms with van der Waals surface area (Å²) in [5.41, 5.74) is 1.35. The van der Waals surface area contributed by atoms with Crippen molar-refractivity contribution in [3.63, 3.8) is 0 Å². The fourth-order valence-corrected chi connectivity index (χ4v) is 2.64. The van der Waals surface area contributed by atoms with E-state index >= 15 is 0 Å². The van der Waals surface area contributed by atoms with Crippen molar-refractivity contribution in [1.82, 2.24) is 5.32 Å². The molecule has 0 aromatic heterocycles. The molecule has 1 heterocycles. The van der Waals surface area contributed by atoms with Gasteiger partial charge < -0.3 is 10.1 Å². The van der Waals surface area contributed by atoms with Crippen LogP contribution in [-0.4, -0.2) is 19.3 Å². The van der Waals surface area contributed by atoms with Crippen molar-refractivity contribution in [3.05, 3.63) is 34.3 Å².